The molecule has 0 aliphatic carbocycles. The van der Waals surface area contributed by atoms with Gasteiger partial charge in [-0.25, -0.2) is 9.78 Å². The number of ether oxygens (including phenoxy) is 1. The van der Waals surface area contributed by atoms with Gasteiger partial charge in [-0.05, 0) is 0 Å². The van der Waals surface area contributed by atoms with Crippen molar-refractivity contribution >= 4 is 17.3 Å². The zero-order chi connectivity index (χ0) is 10.8. The van der Waals surface area contributed by atoms with E-state index in [0.29, 0.717) is 15.8 Å². The van der Waals surface area contributed by atoms with Crippen molar-refractivity contribution in [3.8, 4) is 15.8 Å². The van der Waals surface area contributed by atoms with E-state index in [1.807, 2.05) is 0 Å². The fourth-order valence-electron chi connectivity index (χ4n) is 1.10. The minimum Gasteiger partial charge on any atom is -0.478 e. The third kappa shape index (κ3) is 1.68. The molecule has 2 rings (SSSR count). The van der Waals surface area contributed by atoms with Crippen LogP contribution in [0.2, 0.25) is 0 Å². The van der Waals surface area contributed by atoms with Crippen LogP contribution >= 0.6 is 11.3 Å². The van der Waals surface area contributed by atoms with Gasteiger partial charge in [0.1, 0.15) is 5.56 Å². The standard InChI is InChI=1S/C8H7N3O3S/c1-14-8-9-3-5(15-8)6-4(7(12)13)2-10-11-6/h2-3H,1H3,(H,10,11)(H,12,13). The monoisotopic (exact) mass is 225 g/mol. The van der Waals surface area contributed by atoms with E-state index < -0.39 is 5.97 Å². The number of thiazole rings is 1. The maximum atomic E-state index is 10.8. The van der Waals surface area contributed by atoms with Gasteiger partial charge in [0, 0.05) is 0 Å². The summed E-state index contributed by atoms with van der Waals surface area (Å²) in [5, 5.41) is 15.7. The van der Waals surface area contributed by atoms with E-state index in [4.69, 9.17) is 9.84 Å². The summed E-state index contributed by atoms with van der Waals surface area (Å²) in [6, 6.07) is 0. The first-order valence-corrected chi connectivity index (χ1v) is 4.81. The van der Waals surface area contributed by atoms with Crippen LogP contribution in [0.3, 0.4) is 0 Å². The first-order valence-electron chi connectivity index (χ1n) is 3.99. The number of H-pyrrole nitrogens is 1. The summed E-state index contributed by atoms with van der Waals surface area (Å²) < 4.78 is 4.92. The Morgan fingerprint density at radius 3 is 3.00 bits per heavy atom. The quantitative estimate of drug-likeness (QED) is 0.820. The van der Waals surface area contributed by atoms with Gasteiger partial charge < -0.3 is 9.84 Å². The number of rotatable bonds is 3. The van der Waals surface area contributed by atoms with E-state index in [0.717, 1.165) is 0 Å². The molecule has 6 nitrogen and oxygen atoms in total. The molecule has 0 bridgehead atoms. The summed E-state index contributed by atoms with van der Waals surface area (Å²) in [6.45, 7) is 0. The number of methoxy groups -OCH3 is 1. The number of hydrogen-bond donors (Lipinski definition) is 2. The summed E-state index contributed by atoms with van der Waals surface area (Å²) in [5.41, 5.74) is 0.574. The zero-order valence-electron chi connectivity index (χ0n) is 7.72. The maximum absolute atomic E-state index is 10.8. The molecule has 0 aliphatic rings. The van der Waals surface area contributed by atoms with Crippen LogP contribution in [0.1, 0.15) is 10.4 Å². The zero-order valence-corrected chi connectivity index (χ0v) is 8.54. The maximum Gasteiger partial charge on any atom is 0.339 e. The molecule has 0 saturated heterocycles. The SMILES string of the molecule is COc1ncc(-c2[nH]ncc2C(=O)O)s1. The highest BCUT2D eigenvalue weighted by Gasteiger charge is 2.16. The summed E-state index contributed by atoms with van der Waals surface area (Å²) in [5.74, 6) is -1.02. The molecule has 0 unspecified atom stereocenters. The van der Waals surface area contributed by atoms with Gasteiger partial charge in [-0.1, -0.05) is 11.3 Å². The largest absolute Gasteiger partial charge is 0.478 e. The molecule has 0 atom stereocenters. The summed E-state index contributed by atoms with van der Waals surface area (Å²) in [4.78, 5) is 15.5. The van der Waals surface area contributed by atoms with Crippen LogP contribution in [0.15, 0.2) is 12.4 Å². The Labute approximate surface area is 88.5 Å². The molecule has 2 heterocycles. The Morgan fingerprint density at radius 2 is 2.40 bits per heavy atom. The number of carboxylic acid groups (broad SMARTS) is 1. The van der Waals surface area contributed by atoms with Crippen molar-refractivity contribution in [3.05, 3.63) is 18.0 Å². The Kier molecular flexibility index (Phi) is 2.38. The van der Waals surface area contributed by atoms with Crippen molar-refractivity contribution in [1.29, 1.82) is 0 Å². The fraction of sp³-hybridized carbons (Fsp3) is 0.125. The molecule has 0 spiro atoms. The van der Waals surface area contributed by atoms with E-state index in [1.54, 1.807) is 6.20 Å². The first-order chi connectivity index (χ1) is 7.22. The summed E-state index contributed by atoms with van der Waals surface area (Å²) >= 11 is 1.25. The van der Waals surface area contributed by atoms with Crippen molar-refractivity contribution in [2.75, 3.05) is 7.11 Å². The van der Waals surface area contributed by atoms with E-state index in [-0.39, 0.29) is 5.56 Å². The number of aromatic carboxylic acids is 1. The molecule has 2 aromatic rings. The van der Waals surface area contributed by atoms with Crippen molar-refractivity contribution in [2.45, 2.75) is 0 Å². The molecule has 0 aromatic carbocycles. The lowest BCUT2D eigenvalue weighted by Crippen LogP contribution is -1.95. The highest BCUT2D eigenvalue weighted by atomic mass is 32.1. The highest BCUT2D eigenvalue weighted by Crippen LogP contribution is 2.30. The topological polar surface area (TPSA) is 88.1 Å². The number of carbonyl (C=O) groups is 1. The molecule has 2 aromatic heterocycles. The minimum atomic E-state index is -1.02. The number of nitrogens with zero attached hydrogens (tertiary/aromatic N) is 2. The van der Waals surface area contributed by atoms with Crippen LogP contribution in [-0.4, -0.2) is 33.4 Å². The summed E-state index contributed by atoms with van der Waals surface area (Å²) in [6.07, 6.45) is 2.81. The normalized spacial score (nSPS) is 10.2. The first kappa shape index (κ1) is 9.66. The van der Waals surface area contributed by atoms with Gasteiger partial charge in [-0.15, -0.1) is 0 Å². The predicted molar refractivity (Wildman–Crippen MR) is 53.2 cm³/mol. The van der Waals surface area contributed by atoms with Crippen molar-refractivity contribution in [3.63, 3.8) is 0 Å². The lowest BCUT2D eigenvalue weighted by Gasteiger charge is -1.93. The Hall–Kier alpha value is -1.89. The number of aromatic nitrogens is 3. The molecule has 0 saturated carbocycles. The van der Waals surface area contributed by atoms with Crippen molar-refractivity contribution in [1.82, 2.24) is 15.2 Å². The fourth-order valence-corrected chi connectivity index (χ4v) is 1.84. The average molecular weight is 225 g/mol. The Balaban J connectivity index is 2.44. The van der Waals surface area contributed by atoms with E-state index >= 15 is 0 Å². The number of carboxylic acids is 1. The van der Waals surface area contributed by atoms with Gasteiger partial charge >= 0.3 is 5.97 Å². The van der Waals surface area contributed by atoms with Crippen LogP contribution in [-0.2, 0) is 0 Å². The molecule has 78 valence electrons. The molecule has 15 heavy (non-hydrogen) atoms. The van der Waals surface area contributed by atoms with Gasteiger partial charge in [0.05, 0.1) is 30.1 Å². The summed E-state index contributed by atoms with van der Waals surface area (Å²) in [7, 11) is 1.51. The van der Waals surface area contributed by atoms with Crippen LogP contribution in [0.25, 0.3) is 10.6 Å². The minimum absolute atomic E-state index is 0.126. The van der Waals surface area contributed by atoms with Gasteiger partial charge in [-0.3, -0.25) is 5.10 Å². The third-order valence-electron chi connectivity index (χ3n) is 1.78. The molecule has 0 radical (unpaired) electrons. The van der Waals surface area contributed by atoms with Gasteiger partial charge in [-0.2, -0.15) is 5.10 Å². The van der Waals surface area contributed by atoms with Gasteiger partial charge in [0.15, 0.2) is 0 Å². The highest BCUT2D eigenvalue weighted by molar-refractivity contribution is 7.16. The van der Waals surface area contributed by atoms with Crippen molar-refractivity contribution < 1.29 is 14.6 Å². The molecule has 0 amide bonds. The van der Waals surface area contributed by atoms with E-state index in [1.165, 1.54) is 24.6 Å². The molecular weight excluding hydrogens is 218 g/mol. The lowest BCUT2D eigenvalue weighted by molar-refractivity contribution is 0.0698. The predicted octanol–water partition coefficient (Wildman–Crippen LogP) is 1.24. The second kappa shape index (κ2) is 3.70. The molecule has 2 N–H and O–H groups in total. The second-order valence-electron chi connectivity index (χ2n) is 2.66. The number of aromatic amines is 1. The van der Waals surface area contributed by atoms with Crippen LogP contribution < -0.4 is 4.74 Å². The smallest absolute Gasteiger partial charge is 0.339 e. The lowest BCUT2D eigenvalue weighted by atomic mass is 10.2. The van der Waals surface area contributed by atoms with E-state index in [2.05, 4.69) is 15.2 Å². The van der Waals surface area contributed by atoms with Crippen LogP contribution in [0.4, 0.5) is 0 Å². The van der Waals surface area contributed by atoms with Gasteiger partial charge in [0.2, 0.25) is 0 Å². The van der Waals surface area contributed by atoms with Crippen LogP contribution in [0.5, 0.6) is 5.19 Å². The second-order valence-corrected chi connectivity index (χ2v) is 3.65. The Bertz CT molecular complexity index is 491. The molecular formula is C8H7N3O3S. The molecule has 0 aliphatic heterocycles. The number of nitrogens with one attached hydrogen (secondary N) is 1. The number of hydrogen-bond acceptors (Lipinski definition) is 5. The van der Waals surface area contributed by atoms with Crippen LogP contribution in [0, 0.1) is 0 Å². The molecule has 0 fully saturated rings. The molecule has 7 heteroatoms. The Morgan fingerprint density at radius 1 is 1.60 bits per heavy atom. The van der Waals surface area contributed by atoms with Crippen molar-refractivity contribution in [2.24, 2.45) is 0 Å². The van der Waals surface area contributed by atoms with E-state index in [9.17, 15) is 4.79 Å². The van der Waals surface area contributed by atoms with Gasteiger partial charge in [0.25, 0.3) is 5.19 Å². The average Bonchev–Trinajstić information content (AvgIpc) is 2.85. The third-order valence-corrected chi connectivity index (χ3v) is 2.75.